The number of aryl methyl sites for hydroxylation is 1. The van der Waals surface area contributed by atoms with Crippen LogP contribution in [0, 0.1) is 11.3 Å². The van der Waals surface area contributed by atoms with Crippen LogP contribution in [0.3, 0.4) is 0 Å². The second kappa shape index (κ2) is 6.34. The number of nitrogens with zero attached hydrogens (tertiary/aromatic N) is 1. The molecule has 0 saturated carbocycles. The molecule has 25 heavy (non-hydrogen) atoms. The van der Waals surface area contributed by atoms with Gasteiger partial charge in [0.15, 0.2) is 6.10 Å². The molecule has 6 heteroatoms. The topological polar surface area (TPSA) is 79.2 Å². The van der Waals surface area contributed by atoms with Gasteiger partial charge in [0, 0.05) is 11.3 Å². The molecule has 2 aromatic rings. The number of benzene rings is 1. The minimum absolute atomic E-state index is 0.348. The molecule has 126 valence electrons. The molecule has 0 unspecified atom stereocenters. The molecule has 2 aliphatic rings. The van der Waals surface area contributed by atoms with Gasteiger partial charge in [0.05, 0.1) is 11.1 Å². The maximum absolute atomic E-state index is 12.6. The third-order valence-corrected chi connectivity index (χ3v) is 5.91. The smallest absolute Gasteiger partial charge is 0.339 e. The fourth-order valence-corrected chi connectivity index (χ4v) is 4.69. The van der Waals surface area contributed by atoms with Gasteiger partial charge in [0.1, 0.15) is 11.1 Å². The van der Waals surface area contributed by atoms with Gasteiger partial charge in [-0.2, -0.15) is 5.26 Å². The Morgan fingerprint density at radius 2 is 2.08 bits per heavy atom. The van der Waals surface area contributed by atoms with Gasteiger partial charge in [-0.15, -0.1) is 11.3 Å². The van der Waals surface area contributed by atoms with Crippen LogP contribution < -0.4 is 5.32 Å². The van der Waals surface area contributed by atoms with Crippen molar-refractivity contribution in [1.82, 2.24) is 0 Å². The Labute approximate surface area is 149 Å². The van der Waals surface area contributed by atoms with Gasteiger partial charge in [-0.25, -0.2) is 4.79 Å². The fourth-order valence-electron chi connectivity index (χ4n) is 3.44. The first-order chi connectivity index (χ1) is 12.2. The molecular formula is C19H16N2O3S. The number of thiophene rings is 1. The molecule has 1 aromatic heterocycles. The first-order valence-electron chi connectivity index (χ1n) is 8.31. The number of carbonyl (C=O) groups excluding carboxylic acids is 2. The van der Waals surface area contributed by atoms with Crippen molar-refractivity contribution in [3.8, 4) is 6.07 Å². The first kappa shape index (κ1) is 15.9. The number of fused-ring (bicyclic) bond motifs is 2. The monoisotopic (exact) mass is 352 g/mol. The van der Waals surface area contributed by atoms with Crippen molar-refractivity contribution < 1.29 is 14.3 Å². The Morgan fingerprint density at radius 1 is 1.28 bits per heavy atom. The number of nitriles is 1. The summed E-state index contributed by atoms with van der Waals surface area (Å²) < 4.78 is 5.29. The minimum Gasteiger partial charge on any atom is -0.448 e. The largest absolute Gasteiger partial charge is 0.448 e. The lowest BCUT2D eigenvalue weighted by Crippen LogP contribution is -2.37. The molecule has 1 N–H and O–H groups in total. The number of amides is 1. The molecule has 2 heterocycles. The second-order valence-corrected chi connectivity index (χ2v) is 7.38. The molecule has 1 amide bonds. The van der Waals surface area contributed by atoms with Crippen LogP contribution >= 0.6 is 11.3 Å². The quantitative estimate of drug-likeness (QED) is 0.842. The third-order valence-electron chi connectivity index (χ3n) is 4.70. The number of hydrogen-bond acceptors (Lipinski definition) is 5. The zero-order valence-corrected chi connectivity index (χ0v) is 14.3. The predicted octanol–water partition coefficient (Wildman–Crippen LogP) is 3.22. The standard InChI is InChI=1S/C19H16N2O3S/c20-10-14-13-7-3-4-8-16(13)25-18(14)21-17(22)15-9-11-5-1-2-6-12(11)19(23)24-15/h1-2,5-6,15H,3-4,7-9H2,(H,21,22)/t15-/m0/s1. The second-order valence-electron chi connectivity index (χ2n) is 6.27. The number of ether oxygens (including phenoxy) is 1. The van der Waals surface area contributed by atoms with E-state index in [0.717, 1.165) is 36.8 Å². The summed E-state index contributed by atoms with van der Waals surface area (Å²) in [4.78, 5) is 25.9. The van der Waals surface area contributed by atoms with Crippen molar-refractivity contribution in [2.75, 3.05) is 5.32 Å². The average Bonchev–Trinajstić information content (AvgIpc) is 2.98. The molecule has 0 bridgehead atoms. The van der Waals surface area contributed by atoms with E-state index >= 15 is 0 Å². The normalized spacial score (nSPS) is 18.5. The molecule has 5 nitrogen and oxygen atoms in total. The Morgan fingerprint density at radius 3 is 2.92 bits per heavy atom. The van der Waals surface area contributed by atoms with Crippen LogP contribution in [0.25, 0.3) is 0 Å². The molecule has 1 aromatic carbocycles. The zero-order valence-electron chi connectivity index (χ0n) is 13.5. The summed E-state index contributed by atoms with van der Waals surface area (Å²) in [6.07, 6.45) is 3.51. The summed E-state index contributed by atoms with van der Waals surface area (Å²) in [5, 5.41) is 12.9. The van der Waals surface area contributed by atoms with Crippen LogP contribution in [0.4, 0.5) is 5.00 Å². The van der Waals surface area contributed by atoms with Gasteiger partial charge in [-0.1, -0.05) is 18.2 Å². The van der Waals surface area contributed by atoms with E-state index in [-0.39, 0.29) is 5.91 Å². The summed E-state index contributed by atoms with van der Waals surface area (Å²) in [6.45, 7) is 0. The van der Waals surface area contributed by atoms with Crippen LogP contribution in [-0.2, 0) is 28.8 Å². The predicted molar refractivity (Wildman–Crippen MR) is 93.7 cm³/mol. The van der Waals surface area contributed by atoms with Crippen molar-refractivity contribution in [1.29, 1.82) is 5.26 Å². The number of nitrogens with one attached hydrogen (secondary N) is 1. The lowest BCUT2D eigenvalue weighted by atomic mass is 9.96. The minimum atomic E-state index is -0.868. The molecule has 1 aliphatic carbocycles. The van der Waals surface area contributed by atoms with E-state index in [1.807, 2.05) is 12.1 Å². The number of hydrogen-bond donors (Lipinski definition) is 1. The van der Waals surface area contributed by atoms with Crippen molar-refractivity contribution in [3.63, 3.8) is 0 Å². The van der Waals surface area contributed by atoms with Crippen LogP contribution in [0.1, 0.15) is 44.8 Å². The van der Waals surface area contributed by atoms with E-state index < -0.39 is 12.1 Å². The van der Waals surface area contributed by atoms with Crippen molar-refractivity contribution >= 4 is 28.2 Å². The Balaban J connectivity index is 1.57. The molecule has 1 atom stereocenters. The third kappa shape index (κ3) is 2.81. The highest BCUT2D eigenvalue weighted by molar-refractivity contribution is 7.16. The van der Waals surface area contributed by atoms with Gasteiger partial charge >= 0.3 is 5.97 Å². The van der Waals surface area contributed by atoms with Crippen molar-refractivity contribution in [3.05, 3.63) is 51.4 Å². The van der Waals surface area contributed by atoms with Gasteiger partial charge < -0.3 is 10.1 Å². The van der Waals surface area contributed by atoms with E-state index in [2.05, 4.69) is 11.4 Å². The summed E-state index contributed by atoms with van der Waals surface area (Å²) in [5.74, 6) is -0.856. The first-order valence-corrected chi connectivity index (χ1v) is 9.13. The van der Waals surface area contributed by atoms with Crippen LogP contribution in [0.2, 0.25) is 0 Å². The van der Waals surface area contributed by atoms with Crippen LogP contribution in [-0.4, -0.2) is 18.0 Å². The molecule has 0 fully saturated rings. The van der Waals surface area contributed by atoms with Gasteiger partial charge in [0.2, 0.25) is 0 Å². The number of cyclic esters (lactones) is 1. The number of esters is 1. The molecule has 4 rings (SSSR count). The summed E-state index contributed by atoms with van der Waals surface area (Å²) >= 11 is 1.47. The number of carbonyl (C=O) groups is 2. The van der Waals surface area contributed by atoms with Gasteiger partial charge in [0.25, 0.3) is 5.91 Å². The average molecular weight is 352 g/mol. The van der Waals surface area contributed by atoms with Crippen molar-refractivity contribution in [2.24, 2.45) is 0 Å². The number of anilines is 1. The molecule has 0 spiro atoms. The molecule has 0 saturated heterocycles. The summed E-state index contributed by atoms with van der Waals surface area (Å²) in [6, 6.07) is 9.37. The van der Waals surface area contributed by atoms with E-state index in [1.165, 1.54) is 16.2 Å². The van der Waals surface area contributed by atoms with E-state index in [1.54, 1.807) is 12.1 Å². The highest BCUT2D eigenvalue weighted by Crippen LogP contribution is 2.37. The highest BCUT2D eigenvalue weighted by atomic mass is 32.1. The van der Waals surface area contributed by atoms with Crippen LogP contribution in [0.5, 0.6) is 0 Å². The molecule has 0 radical (unpaired) electrons. The maximum atomic E-state index is 12.6. The van der Waals surface area contributed by atoms with E-state index in [0.29, 0.717) is 22.5 Å². The van der Waals surface area contributed by atoms with Gasteiger partial charge in [-0.3, -0.25) is 4.79 Å². The molecular weight excluding hydrogens is 336 g/mol. The van der Waals surface area contributed by atoms with E-state index in [9.17, 15) is 14.9 Å². The Kier molecular flexibility index (Phi) is 4.02. The fraction of sp³-hybridized carbons (Fsp3) is 0.316. The Bertz CT molecular complexity index is 910. The Hall–Kier alpha value is -2.65. The maximum Gasteiger partial charge on any atom is 0.339 e. The van der Waals surface area contributed by atoms with Crippen molar-refractivity contribution in [2.45, 2.75) is 38.2 Å². The van der Waals surface area contributed by atoms with Gasteiger partial charge in [-0.05, 0) is 42.9 Å². The highest BCUT2D eigenvalue weighted by Gasteiger charge is 2.32. The number of rotatable bonds is 2. The lowest BCUT2D eigenvalue weighted by Gasteiger charge is -2.23. The lowest BCUT2D eigenvalue weighted by molar-refractivity contribution is -0.125. The summed E-state index contributed by atoms with van der Waals surface area (Å²) in [5.41, 5.74) is 2.95. The van der Waals surface area contributed by atoms with Crippen LogP contribution in [0.15, 0.2) is 24.3 Å². The molecule has 1 aliphatic heterocycles. The zero-order chi connectivity index (χ0) is 17.4. The summed E-state index contributed by atoms with van der Waals surface area (Å²) in [7, 11) is 0. The SMILES string of the molecule is N#Cc1c(NC(=O)[C@@H]2Cc3ccccc3C(=O)O2)sc2c1CCCC2. The van der Waals surface area contributed by atoms with E-state index in [4.69, 9.17) is 4.74 Å².